The Hall–Kier alpha value is -2.37. The number of benzene rings is 1. The molecule has 3 rings (SSSR count). The Balaban J connectivity index is 1.78. The van der Waals surface area contributed by atoms with Crippen LogP contribution in [0, 0.1) is 5.92 Å². The molecule has 2 atom stereocenters. The Morgan fingerprint density at radius 3 is 2.70 bits per heavy atom. The van der Waals surface area contributed by atoms with Crippen molar-refractivity contribution in [3.8, 4) is 0 Å². The summed E-state index contributed by atoms with van der Waals surface area (Å²) in [6.07, 6.45) is 3.99. The number of likely N-dealkylation sites (tertiary alicyclic amines) is 1. The van der Waals surface area contributed by atoms with Gasteiger partial charge in [-0.15, -0.1) is 0 Å². The van der Waals surface area contributed by atoms with Crippen LogP contribution in [-0.2, 0) is 20.8 Å². The highest BCUT2D eigenvalue weighted by Gasteiger charge is 2.33. The Kier molecular flexibility index (Phi) is 5.82. The van der Waals surface area contributed by atoms with Gasteiger partial charge in [-0.3, -0.25) is 14.4 Å². The highest BCUT2D eigenvalue weighted by atomic mass is 16.2. The molecule has 6 nitrogen and oxygen atoms in total. The van der Waals surface area contributed by atoms with Crippen molar-refractivity contribution in [2.75, 3.05) is 11.9 Å². The van der Waals surface area contributed by atoms with Gasteiger partial charge in [-0.25, -0.2) is 0 Å². The first-order valence-corrected chi connectivity index (χ1v) is 9.91. The molecule has 0 radical (unpaired) electrons. The van der Waals surface area contributed by atoms with E-state index in [-0.39, 0.29) is 23.9 Å². The third kappa shape index (κ3) is 4.31. The molecular formula is C21H29N3O3. The standard InChI is InChI=1S/C21H29N3O3/c1-13(2)14(3)22-20(26)21(27)24-11-5-4-6-18(24)16-7-9-17-15(12-16)8-10-19(25)23-17/h7,9,12-14,18H,4-6,8,10-11H2,1-3H3,(H,22,26)(H,23,25)/t14-,18-/m0/s1. The molecular weight excluding hydrogens is 342 g/mol. The van der Waals surface area contributed by atoms with Crippen LogP contribution in [-0.4, -0.2) is 35.2 Å². The van der Waals surface area contributed by atoms with Gasteiger partial charge in [0.2, 0.25) is 5.91 Å². The normalized spacial score (nSPS) is 20.7. The summed E-state index contributed by atoms with van der Waals surface area (Å²) in [6, 6.07) is 5.83. The van der Waals surface area contributed by atoms with E-state index in [1.54, 1.807) is 4.90 Å². The number of aryl methyl sites for hydroxylation is 1. The van der Waals surface area contributed by atoms with E-state index in [4.69, 9.17) is 0 Å². The minimum Gasteiger partial charge on any atom is -0.345 e. The van der Waals surface area contributed by atoms with E-state index in [1.807, 2.05) is 32.9 Å². The molecule has 27 heavy (non-hydrogen) atoms. The lowest BCUT2D eigenvalue weighted by Gasteiger charge is -2.36. The van der Waals surface area contributed by atoms with Crippen molar-refractivity contribution in [2.45, 2.75) is 65.0 Å². The van der Waals surface area contributed by atoms with Gasteiger partial charge >= 0.3 is 11.8 Å². The van der Waals surface area contributed by atoms with Crippen molar-refractivity contribution in [3.63, 3.8) is 0 Å². The summed E-state index contributed by atoms with van der Waals surface area (Å²) in [5.74, 6) is -0.651. The monoisotopic (exact) mass is 371 g/mol. The zero-order chi connectivity index (χ0) is 19.6. The number of carbonyl (C=O) groups is 3. The minimum absolute atomic E-state index is 0.0423. The van der Waals surface area contributed by atoms with Gasteiger partial charge in [-0.05, 0) is 55.7 Å². The summed E-state index contributed by atoms with van der Waals surface area (Å²) in [6.45, 7) is 6.55. The van der Waals surface area contributed by atoms with Crippen LogP contribution in [0.15, 0.2) is 18.2 Å². The van der Waals surface area contributed by atoms with E-state index in [1.165, 1.54) is 0 Å². The molecule has 0 unspecified atom stereocenters. The maximum atomic E-state index is 12.8. The number of nitrogens with one attached hydrogen (secondary N) is 2. The number of anilines is 1. The molecule has 6 heteroatoms. The molecule has 0 saturated carbocycles. The van der Waals surface area contributed by atoms with E-state index in [2.05, 4.69) is 16.7 Å². The zero-order valence-corrected chi connectivity index (χ0v) is 16.4. The molecule has 0 spiro atoms. The molecule has 1 fully saturated rings. The average molecular weight is 371 g/mol. The Labute approximate surface area is 160 Å². The van der Waals surface area contributed by atoms with Gasteiger partial charge in [0.1, 0.15) is 0 Å². The molecule has 3 amide bonds. The second-order valence-corrected chi connectivity index (χ2v) is 7.98. The molecule has 0 bridgehead atoms. The number of hydrogen-bond acceptors (Lipinski definition) is 3. The third-order valence-corrected chi connectivity index (χ3v) is 5.73. The summed E-state index contributed by atoms with van der Waals surface area (Å²) in [5.41, 5.74) is 3.00. The Bertz CT molecular complexity index is 744. The molecule has 1 saturated heterocycles. The van der Waals surface area contributed by atoms with Crippen molar-refractivity contribution in [2.24, 2.45) is 5.92 Å². The smallest absolute Gasteiger partial charge is 0.312 e. The van der Waals surface area contributed by atoms with Gasteiger partial charge in [-0.2, -0.15) is 0 Å². The Morgan fingerprint density at radius 2 is 1.96 bits per heavy atom. The molecule has 2 aliphatic heterocycles. The quantitative estimate of drug-likeness (QED) is 0.802. The summed E-state index contributed by atoms with van der Waals surface area (Å²) in [4.78, 5) is 38.6. The minimum atomic E-state index is -0.520. The summed E-state index contributed by atoms with van der Waals surface area (Å²) >= 11 is 0. The molecule has 2 heterocycles. The fourth-order valence-electron chi connectivity index (χ4n) is 3.70. The summed E-state index contributed by atoms with van der Waals surface area (Å²) < 4.78 is 0. The number of rotatable bonds is 3. The second-order valence-electron chi connectivity index (χ2n) is 7.98. The van der Waals surface area contributed by atoms with E-state index < -0.39 is 11.8 Å². The number of piperidine rings is 1. The number of carbonyl (C=O) groups excluding carboxylic acids is 3. The number of hydrogen-bond donors (Lipinski definition) is 2. The maximum absolute atomic E-state index is 12.8. The fourth-order valence-corrected chi connectivity index (χ4v) is 3.70. The summed E-state index contributed by atoms with van der Waals surface area (Å²) in [5, 5.41) is 5.72. The molecule has 146 valence electrons. The van der Waals surface area contributed by atoms with Gasteiger partial charge in [0.05, 0.1) is 6.04 Å². The maximum Gasteiger partial charge on any atom is 0.312 e. The third-order valence-electron chi connectivity index (χ3n) is 5.73. The van der Waals surface area contributed by atoms with Gasteiger partial charge < -0.3 is 15.5 Å². The van der Waals surface area contributed by atoms with Crippen molar-refractivity contribution >= 4 is 23.4 Å². The van der Waals surface area contributed by atoms with E-state index >= 15 is 0 Å². The van der Waals surface area contributed by atoms with Gasteiger partial charge in [-0.1, -0.05) is 26.0 Å². The first kappa shape index (κ1) is 19.4. The average Bonchev–Trinajstić information content (AvgIpc) is 2.66. The van der Waals surface area contributed by atoms with Crippen molar-refractivity contribution in [1.82, 2.24) is 10.2 Å². The van der Waals surface area contributed by atoms with Crippen LogP contribution in [0.3, 0.4) is 0 Å². The van der Waals surface area contributed by atoms with Crippen LogP contribution < -0.4 is 10.6 Å². The lowest BCUT2D eigenvalue weighted by molar-refractivity contribution is -0.149. The SMILES string of the molecule is CC(C)[C@H](C)NC(=O)C(=O)N1CCCC[C@H]1c1ccc2c(c1)CCC(=O)N2. The predicted octanol–water partition coefficient (Wildman–Crippen LogP) is 2.79. The summed E-state index contributed by atoms with van der Waals surface area (Å²) in [7, 11) is 0. The van der Waals surface area contributed by atoms with E-state index in [9.17, 15) is 14.4 Å². The van der Waals surface area contributed by atoms with E-state index in [0.29, 0.717) is 19.4 Å². The van der Waals surface area contributed by atoms with Gasteiger partial charge in [0.15, 0.2) is 0 Å². The lowest BCUT2D eigenvalue weighted by Crippen LogP contribution is -2.49. The first-order chi connectivity index (χ1) is 12.9. The van der Waals surface area contributed by atoms with E-state index in [0.717, 1.165) is 36.1 Å². The molecule has 0 aromatic heterocycles. The van der Waals surface area contributed by atoms with Crippen LogP contribution in [0.4, 0.5) is 5.69 Å². The highest BCUT2D eigenvalue weighted by Crippen LogP contribution is 2.34. The lowest BCUT2D eigenvalue weighted by atomic mass is 9.91. The van der Waals surface area contributed by atoms with Crippen LogP contribution in [0.2, 0.25) is 0 Å². The van der Waals surface area contributed by atoms with Gasteiger partial charge in [0.25, 0.3) is 0 Å². The number of nitrogens with zero attached hydrogens (tertiary/aromatic N) is 1. The number of amides is 3. The topological polar surface area (TPSA) is 78.5 Å². The van der Waals surface area contributed by atoms with Crippen molar-refractivity contribution in [3.05, 3.63) is 29.3 Å². The largest absolute Gasteiger partial charge is 0.345 e. The van der Waals surface area contributed by atoms with Crippen LogP contribution in [0.1, 0.15) is 63.6 Å². The fraction of sp³-hybridized carbons (Fsp3) is 0.571. The van der Waals surface area contributed by atoms with Crippen LogP contribution in [0.25, 0.3) is 0 Å². The van der Waals surface area contributed by atoms with Crippen LogP contribution >= 0.6 is 0 Å². The number of fused-ring (bicyclic) bond motifs is 1. The first-order valence-electron chi connectivity index (χ1n) is 9.91. The second kappa shape index (κ2) is 8.11. The molecule has 0 aliphatic carbocycles. The van der Waals surface area contributed by atoms with Crippen molar-refractivity contribution < 1.29 is 14.4 Å². The zero-order valence-electron chi connectivity index (χ0n) is 16.4. The molecule has 1 aromatic carbocycles. The molecule has 2 aliphatic rings. The molecule has 2 N–H and O–H groups in total. The predicted molar refractivity (Wildman–Crippen MR) is 104 cm³/mol. The Morgan fingerprint density at radius 1 is 1.19 bits per heavy atom. The molecule has 1 aromatic rings. The van der Waals surface area contributed by atoms with Crippen molar-refractivity contribution in [1.29, 1.82) is 0 Å². The van der Waals surface area contributed by atoms with Gasteiger partial charge in [0, 0.05) is 24.7 Å². The van der Waals surface area contributed by atoms with Crippen LogP contribution in [0.5, 0.6) is 0 Å². The highest BCUT2D eigenvalue weighted by molar-refractivity contribution is 6.35.